The molecule has 0 fully saturated rings. The van der Waals surface area contributed by atoms with Gasteiger partial charge in [-0.15, -0.1) is 0 Å². The summed E-state index contributed by atoms with van der Waals surface area (Å²) in [5.74, 6) is -2.18. The van der Waals surface area contributed by atoms with E-state index in [1.807, 2.05) is 4.40 Å². The van der Waals surface area contributed by atoms with Crippen LogP contribution in [0, 0.1) is 0 Å². The molecule has 0 saturated heterocycles. The van der Waals surface area contributed by atoms with Gasteiger partial charge in [0.25, 0.3) is 0 Å². The van der Waals surface area contributed by atoms with Crippen LogP contribution in [0.25, 0.3) is 0 Å². The fraction of sp³-hybridized carbons (Fsp3) is 0.167. The van der Waals surface area contributed by atoms with Gasteiger partial charge in [-0.25, -0.2) is 0 Å². The molecule has 1 heterocycles. The molecule has 0 aromatic carbocycles. The second kappa shape index (κ2) is 3.57. The van der Waals surface area contributed by atoms with Gasteiger partial charge in [0.05, 0.1) is 6.26 Å². The first-order valence-corrected chi connectivity index (χ1v) is 4.80. The molecule has 0 radical (unpaired) electrons. The summed E-state index contributed by atoms with van der Waals surface area (Å²) < 4.78 is 62.5. The summed E-state index contributed by atoms with van der Waals surface area (Å²) in [6.07, 6.45) is 1.00. The van der Waals surface area contributed by atoms with Gasteiger partial charge in [-0.1, -0.05) is 0 Å². The second-order valence-electron chi connectivity index (χ2n) is 2.29. The minimum Gasteiger partial charge on any atom is -0.855 e. The third kappa shape index (κ3) is 2.49. The molecule has 0 amide bonds. The summed E-state index contributed by atoms with van der Waals surface area (Å²) in [7, 11) is -5.81. The highest BCUT2D eigenvalue weighted by molar-refractivity contribution is 7.91. The number of hydrogen-bond acceptors (Lipinski definition) is 4. The van der Waals surface area contributed by atoms with Gasteiger partial charge in [-0.3, -0.25) is 0 Å². The maximum atomic E-state index is 11.8. The van der Waals surface area contributed by atoms with Crippen LogP contribution < -0.4 is 5.11 Å². The molecule has 0 atom stereocenters. The second-order valence-corrected chi connectivity index (χ2v) is 3.89. The Labute approximate surface area is 81.9 Å². The Kier molecular flexibility index (Phi) is 2.75. The first kappa shape index (κ1) is 11.6. The quantitative estimate of drug-likeness (QED) is 0.549. The SMILES string of the molecule is O=S(=O)(/N=C(\[O-])c1ccco1)C(F)(F)F. The molecule has 9 heteroatoms. The zero-order valence-corrected chi connectivity index (χ0v) is 7.67. The average molecular weight is 242 g/mol. The fourth-order valence-electron chi connectivity index (χ4n) is 0.606. The van der Waals surface area contributed by atoms with Crippen molar-refractivity contribution in [2.45, 2.75) is 5.51 Å². The molecule has 84 valence electrons. The van der Waals surface area contributed by atoms with E-state index < -0.39 is 27.2 Å². The summed E-state index contributed by atoms with van der Waals surface area (Å²) in [5, 5.41) is 10.8. The first-order chi connectivity index (χ1) is 6.74. The molecule has 0 N–H and O–H groups in total. The zero-order valence-electron chi connectivity index (χ0n) is 6.85. The average Bonchev–Trinajstić information content (AvgIpc) is 2.51. The zero-order chi connectivity index (χ0) is 11.7. The maximum absolute atomic E-state index is 11.8. The lowest BCUT2D eigenvalue weighted by atomic mass is 10.5. The van der Waals surface area contributed by atoms with Crippen LogP contribution in [0.1, 0.15) is 5.76 Å². The van der Waals surface area contributed by atoms with Crippen molar-refractivity contribution < 1.29 is 31.1 Å². The molecule has 0 bridgehead atoms. The van der Waals surface area contributed by atoms with E-state index in [2.05, 4.69) is 4.42 Å². The Balaban J connectivity index is 3.10. The molecule has 0 aliphatic heterocycles. The molecule has 5 nitrogen and oxygen atoms in total. The molecule has 0 saturated carbocycles. The van der Waals surface area contributed by atoms with E-state index in [0.717, 1.165) is 12.3 Å². The van der Waals surface area contributed by atoms with Gasteiger partial charge in [-0.2, -0.15) is 26.0 Å². The maximum Gasteiger partial charge on any atom is 0.518 e. The smallest absolute Gasteiger partial charge is 0.518 e. The predicted octanol–water partition coefficient (Wildman–Crippen LogP) is 0.236. The van der Waals surface area contributed by atoms with Gasteiger partial charge in [0.15, 0.2) is 0 Å². The highest BCUT2D eigenvalue weighted by Crippen LogP contribution is 2.24. The van der Waals surface area contributed by atoms with Crippen molar-refractivity contribution >= 4 is 15.9 Å². The normalized spacial score (nSPS) is 14.2. The highest BCUT2D eigenvalue weighted by Gasteiger charge is 2.45. The Bertz CT molecular complexity index is 459. The number of hydrogen-bond donors (Lipinski definition) is 0. The summed E-state index contributed by atoms with van der Waals surface area (Å²) in [5.41, 5.74) is -5.59. The van der Waals surface area contributed by atoms with Crippen LogP contribution >= 0.6 is 0 Å². The lowest BCUT2D eigenvalue weighted by molar-refractivity contribution is -0.214. The molecule has 0 spiro atoms. The van der Waals surface area contributed by atoms with E-state index in [4.69, 9.17) is 0 Å². The van der Waals surface area contributed by atoms with E-state index in [9.17, 15) is 26.7 Å². The van der Waals surface area contributed by atoms with Gasteiger partial charge in [0, 0.05) is 5.90 Å². The Morgan fingerprint density at radius 3 is 2.47 bits per heavy atom. The highest BCUT2D eigenvalue weighted by atomic mass is 32.2. The third-order valence-corrected chi connectivity index (χ3v) is 2.22. The van der Waals surface area contributed by atoms with Crippen LogP contribution in [0.15, 0.2) is 27.2 Å². The summed E-state index contributed by atoms with van der Waals surface area (Å²) in [6, 6.07) is 2.21. The Hall–Kier alpha value is -1.51. The topological polar surface area (TPSA) is 82.7 Å². The summed E-state index contributed by atoms with van der Waals surface area (Å²) >= 11 is 0. The van der Waals surface area contributed by atoms with E-state index in [1.165, 1.54) is 6.07 Å². The first-order valence-electron chi connectivity index (χ1n) is 3.36. The monoisotopic (exact) mass is 242 g/mol. The van der Waals surface area contributed by atoms with Gasteiger partial charge in [0.1, 0.15) is 5.76 Å². The van der Waals surface area contributed by atoms with Crippen LogP contribution in [0.2, 0.25) is 0 Å². The number of alkyl halides is 3. The van der Waals surface area contributed by atoms with Crippen molar-refractivity contribution in [1.29, 1.82) is 0 Å². The van der Waals surface area contributed by atoms with E-state index >= 15 is 0 Å². The minimum absolute atomic E-state index is 0.581. The van der Waals surface area contributed by atoms with E-state index in [1.54, 1.807) is 0 Å². The largest absolute Gasteiger partial charge is 0.855 e. The fourth-order valence-corrected chi connectivity index (χ4v) is 1.02. The van der Waals surface area contributed by atoms with Gasteiger partial charge < -0.3 is 9.52 Å². The lowest BCUT2D eigenvalue weighted by Crippen LogP contribution is -2.26. The van der Waals surface area contributed by atoms with Crippen molar-refractivity contribution in [3.63, 3.8) is 0 Å². The lowest BCUT2D eigenvalue weighted by Gasteiger charge is -2.08. The number of sulfonamides is 1. The van der Waals surface area contributed by atoms with Crippen LogP contribution in [0.4, 0.5) is 13.2 Å². The molecule has 1 rings (SSSR count). The van der Waals surface area contributed by atoms with Crippen molar-refractivity contribution in [1.82, 2.24) is 0 Å². The van der Waals surface area contributed by atoms with Gasteiger partial charge in [0.2, 0.25) is 0 Å². The molecular formula is C6H3F3NO4S-. The minimum atomic E-state index is -5.81. The summed E-state index contributed by atoms with van der Waals surface area (Å²) in [4.78, 5) is 0. The molecule has 15 heavy (non-hydrogen) atoms. The molecular weight excluding hydrogens is 239 g/mol. The molecule has 1 aromatic rings. The standard InChI is InChI=1S/C6H4F3NO4S/c7-6(8,9)15(12,13)10-5(11)4-2-1-3-14-4/h1-3H,(H,10,11)/p-1. The molecule has 0 aliphatic rings. The van der Waals surface area contributed by atoms with Crippen molar-refractivity contribution in [2.24, 2.45) is 4.40 Å². The van der Waals surface area contributed by atoms with Crippen LogP contribution in [-0.4, -0.2) is 19.8 Å². The molecule has 0 unspecified atom stereocenters. The number of rotatable bonds is 2. The van der Waals surface area contributed by atoms with Crippen molar-refractivity contribution in [3.05, 3.63) is 24.2 Å². The molecule has 1 aromatic heterocycles. The predicted molar refractivity (Wildman–Crippen MR) is 40.2 cm³/mol. The third-order valence-electron chi connectivity index (χ3n) is 1.23. The van der Waals surface area contributed by atoms with Crippen LogP contribution in [0.5, 0.6) is 0 Å². The van der Waals surface area contributed by atoms with Crippen LogP contribution in [0.3, 0.4) is 0 Å². The number of furan rings is 1. The number of nitrogens with zero attached hydrogens (tertiary/aromatic N) is 1. The molecule has 0 aliphatic carbocycles. The van der Waals surface area contributed by atoms with E-state index in [0.29, 0.717) is 0 Å². The number of halogens is 3. The van der Waals surface area contributed by atoms with Crippen molar-refractivity contribution in [3.8, 4) is 0 Å². The van der Waals surface area contributed by atoms with Crippen molar-refractivity contribution in [2.75, 3.05) is 0 Å². The summed E-state index contributed by atoms with van der Waals surface area (Å²) in [6.45, 7) is 0. The Morgan fingerprint density at radius 1 is 1.47 bits per heavy atom. The van der Waals surface area contributed by atoms with E-state index in [-0.39, 0.29) is 0 Å². The van der Waals surface area contributed by atoms with Gasteiger partial charge >= 0.3 is 15.5 Å². The van der Waals surface area contributed by atoms with Crippen LogP contribution in [-0.2, 0) is 10.0 Å². The Morgan fingerprint density at radius 2 is 2.07 bits per heavy atom. The van der Waals surface area contributed by atoms with Gasteiger partial charge in [-0.05, 0) is 12.1 Å².